The molecule has 0 aromatic rings. The predicted molar refractivity (Wildman–Crippen MR) is 60.7 cm³/mol. The maximum Gasteiger partial charge on any atom is 0.159 e. The van der Waals surface area contributed by atoms with E-state index in [1.165, 1.54) is 0 Å². The molecular formula is C13H16O3. The molecule has 86 valence electrons. The van der Waals surface area contributed by atoms with Gasteiger partial charge in [0.2, 0.25) is 0 Å². The zero-order chi connectivity index (χ0) is 11.5. The number of rotatable bonds is 2. The zero-order valence-electron chi connectivity index (χ0n) is 9.71. The highest BCUT2D eigenvalue weighted by Gasteiger charge is 2.23. The monoisotopic (exact) mass is 220 g/mol. The molecule has 2 rings (SSSR count). The van der Waals surface area contributed by atoms with Crippen LogP contribution in [-0.4, -0.2) is 20.0 Å². The van der Waals surface area contributed by atoms with Crippen LogP contribution in [0.1, 0.15) is 25.7 Å². The van der Waals surface area contributed by atoms with Crippen molar-refractivity contribution in [1.29, 1.82) is 0 Å². The van der Waals surface area contributed by atoms with Crippen molar-refractivity contribution in [1.82, 2.24) is 0 Å². The summed E-state index contributed by atoms with van der Waals surface area (Å²) in [5.41, 5.74) is 2.01. The molecule has 0 bridgehead atoms. The fourth-order valence-corrected chi connectivity index (χ4v) is 2.16. The summed E-state index contributed by atoms with van der Waals surface area (Å²) < 4.78 is 10.5. The average molecular weight is 220 g/mol. The van der Waals surface area contributed by atoms with Gasteiger partial charge in [-0.05, 0) is 30.1 Å². The van der Waals surface area contributed by atoms with Crippen molar-refractivity contribution in [2.75, 3.05) is 14.2 Å². The fraction of sp³-hybridized carbons (Fsp3) is 0.462. The Kier molecular flexibility index (Phi) is 3.13. The highest BCUT2D eigenvalue weighted by molar-refractivity contribution is 5.98. The molecule has 0 aromatic carbocycles. The highest BCUT2D eigenvalue weighted by Crippen LogP contribution is 2.31. The summed E-state index contributed by atoms with van der Waals surface area (Å²) >= 11 is 0. The van der Waals surface area contributed by atoms with E-state index in [2.05, 4.69) is 0 Å². The van der Waals surface area contributed by atoms with E-state index < -0.39 is 0 Å². The number of carbonyl (C=O) groups excluding carboxylic acids is 1. The molecule has 0 unspecified atom stereocenters. The lowest BCUT2D eigenvalue weighted by atomic mass is 9.97. The first-order valence-electron chi connectivity index (χ1n) is 5.50. The first-order chi connectivity index (χ1) is 7.74. The minimum atomic E-state index is 0.277. The Bertz CT molecular complexity index is 399. The topological polar surface area (TPSA) is 35.5 Å². The van der Waals surface area contributed by atoms with Crippen LogP contribution in [0.25, 0.3) is 0 Å². The predicted octanol–water partition coefficient (Wildman–Crippen LogP) is 2.50. The van der Waals surface area contributed by atoms with Gasteiger partial charge >= 0.3 is 0 Å². The van der Waals surface area contributed by atoms with Gasteiger partial charge < -0.3 is 9.47 Å². The van der Waals surface area contributed by atoms with Crippen LogP contribution in [0, 0.1) is 0 Å². The van der Waals surface area contributed by atoms with Crippen molar-refractivity contribution >= 4 is 5.78 Å². The third-order valence-electron chi connectivity index (χ3n) is 3.04. The molecule has 2 aliphatic rings. The van der Waals surface area contributed by atoms with Crippen LogP contribution in [0.2, 0.25) is 0 Å². The van der Waals surface area contributed by atoms with Crippen LogP contribution in [0.3, 0.4) is 0 Å². The SMILES string of the molecule is COC1=C/C(=C2\CCCC2=O)CC(OC)=C1. The lowest BCUT2D eigenvalue weighted by Crippen LogP contribution is -2.04. The lowest BCUT2D eigenvalue weighted by Gasteiger charge is -2.16. The van der Waals surface area contributed by atoms with E-state index in [1.807, 2.05) is 12.2 Å². The largest absolute Gasteiger partial charge is 0.501 e. The number of allylic oxidation sites excluding steroid dienone is 4. The van der Waals surface area contributed by atoms with E-state index in [0.717, 1.165) is 35.5 Å². The van der Waals surface area contributed by atoms with Crippen LogP contribution < -0.4 is 0 Å². The van der Waals surface area contributed by atoms with Gasteiger partial charge in [0.1, 0.15) is 11.5 Å². The Balaban J connectivity index is 2.34. The maximum absolute atomic E-state index is 11.7. The van der Waals surface area contributed by atoms with Gasteiger partial charge in [0, 0.05) is 18.9 Å². The Morgan fingerprint density at radius 2 is 1.94 bits per heavy atom. The molecule has 3 nitrogen and oxygen atoms in total. The van der Waals surface area contributed by atoms with Gasteiger partial charge in [0.15, 0.2) is 5.78 Å². The molecule has 0 amide bonds. The maximum atomic E-state index is 11.7. The average Bonchev–Trinajstić information content (AvgIpc) is 2.74. The number of Topliss-reactive ketones (excluding diaryl/α,β-unsaturated/α-hetero) is 1. The van der Waals surface area contributed by atoms with Crippen molar-refractivity contribution < 1.29 is 14.3 Å². The quantitative estimate of drug-likeness (QED) is 0.671. The number of carbonyl (C=O) groups is 1. The number of ether oxygens (including phenoxy) is 2. The van der Waals surface area contributed by atoms with E-state index >= 15 is 0 Å². The number of ketones is 1. The molecule has 2 aliphatic carbocycles. The highest BCUT2D eigenvalue weighted by atomic mass is 16.5. The smallest absolute Gasteiger partial charge is 0.159 e. The minimum absolute atomic E-state index is 0.277. The van der Waals surface area contributed by atoms with Gasteiger partial charge in [-0.3, -0.25) is 4.79 Å². The van der Waals surface area contributed by atoms with E-state index in [0.29, 0.717) is 12.8 Å². The summed E-state index contributed by atoms with van der Waals surface area (Å²) in [6.07, 6.45) is 7.05. The molecule has 16 heavy (non-hydrogen) atoms. The summed E-state index contributed by atoms with van der Waals surface area (Å²) in [6, 6.07) is 0. The van der Waals surface area contributed by atoms with E-state index in [1.54, 1.807) is 14.2 Å². The number of hydrogen-bond acceptors (Lipinski definition) is 3. The summed E-state index contributed by atoms with van der Waals surface area (Å²) in [6.45, 7) is 0. The lowest BCUT2D eigenvalue weighted by molar-refractivity contribution is -0.114. The Hall–Kier alpha value is -1.51. The van der Waals surface area contributed by atoms with Crippen LogP contribution in [0.15, 0.2) is 34.8 Å². The van der Waals surface area contributed by atoms with Crippen LogP contribution in [-0.2, 0) is 14.3 Å². The Labute approximate surface area is 95.4 Å². The van der Waals surface area contributed by atoms with Gasteiger partial charge in [-0.15, -0.1) is 0 Å². The Morgan fingerprint density at radius 1 is 1.12 bits per heavy atom. The molecule has 0 heterocycles. The van der Waals surface area contributed by atoms with Gasteiger partial charge in [-0.25, -0.2) is 0 Å². The zero-order valence-corrected chi connectivity index (χ0v) is 9.71. The van der Waals surface area contributed by atoms with Crippen molar-refractivity contribution in [2.45, 2.75) is 25.7 Å². The van der Waals surface area contributed by atoms with E-state index in [4.69, 9.17) is 9.47 Å². The molecular weight excluding hydrogens is 204 g/mol. The van der Waals surface area contributed by atoms with Gasteiger partial charge in [-0.2, -0.15) is 0 Å². The van der Waals surface area contributed by atoms with Crippen molar-refractivity contribution in [3.63, 3.8) is 0 Å². The second-order valence-corrected chi connectivity index (χ2v) is 4.02. The molecule has 0 aliphatic heterocycles. The molecule has 0 saturated heterocycles. The van der Waals surface area contributed by atoms with Crippen LogP contribution >= 0.6 is 0 Å². The molecule has 3 heteroatoms. The number of hydrogen-bond donors (Lipinski definition) is 0. The van der Waals surface area contributed by atoms with Crippen molar-refractivity contribution in [3.8, 4) is 0 Å². The van der Waals surface area contributed by atoms with Crippen molar-refractivity contribution in [2.24, 2.45) is 0 Å². The summed E-state index contributed by atoms with van der Waals surface area (Å²) in [7, 11) is 3.27. The summed E-state index contributed by atoms with van der Waals surface area (Å²) in [5, 5.41) is 0. The first-order valence-corrected chi connectivity index (χ1v) is 5.50. The van der Waals surface area contributed by atoms with Crippen LogP contribution in [0.4, 0.5) is 0 Å². The minimum Gasteiger partial charge on any atom is -0.501 e. The first kappa shape index (κ1) is 11.0. The third-order valence-corrected chi connectivity index (χ3v) is 3.04. The number of methoxy groups -OCH3 is 2. The van der Waals surface area contributed by atoms with Crippen LogP contribution in [0.5, 0.6) is 0 Å². The summed E-state index contributed by atoms with van der Waals surface area (Å²) in [4.78, 5) is 11.7. The van der Waals surface area contributed by atoms with Gasteiger partial charge in [0.05, 0.1) is 14.2 Å². The second-order valence-electron chi connectivity index (χ2n) is 4.02. The van der Waals surface area contributed by atoms with E-state index in [-0.39, 0.29) is 5.78 Å². The molecule has 0 radical (unpaired) electrons. The molecule has 1 fully saturated rings. The van der Waals surface area contributed by atoms with Gasteiger partial charge in [-0.1, -0.05) is 0 Å². The molecule has 0 N–H and O–H groups in total. The molecule has 0 aromatic heterocycles. The normalized spacial score (nSPS) is 25.2. The molecule has 0 spiro atoms. The van der Waals surface area contributed by atoms with Gasteiger partial charge in [0.25, 0.3) is 0 Å². The Morgan fingerprint density at radius 3 is 2.50 bits per heavy atom. The molecule has 1 saturated carbocycles. The standard InChI is InChI=1S/C13H16O3/c1-15-10-6-9(7-11(8-10)16-2)12-4-3-5-13(12)14/h6,8H,3-5,7H2,1-2H3/b12-9-. The third kappa shape index (κ3) is 2.03. The van der Waals surface area contributed by atoms with Crippen molar-refractivity contribution in [3.05, 3.63) is 34.8 Å². The molecule has 0 atom stereocenters. The fourth-order valence-electron chi connectivity index (χ4n) is 2.16. The summed E-state index contributed by atoms with van der Waals surface area (Å²) in [5.74, 6) is 1.88. The second kappa shape index (κ2) is 4.56. The van der Waals surface area contributed by atoms with E-state index in [9.17, 15) is 4.79 Å².